The van der Waals surface area contributed by atoms with Gasteiger partial charge in [-0.1, -0.05) is 0 Å². The van der Waals surface area contributed by atoms with Crippen LogP contribution in [0.15, 0.2) is 6.07 Å². The Morgan fingerprint density at radius 1 is 1.11 bits per heavy atom. The molecule has 19 heavy (non-hydrogen) atoms. The molecule has 0 unspecified atom stereocenters. The van der Waals surface area contributed by atoms with Gasteiger partial charge in [-0.05, 0) is 82.8 Å². The number of likely N-dealkylation sites (tertiary alicyclic amines) is 1. The SMILES string of the molecule is c1c(CNCCCN2CCCC2)sc2c1CCCC2. The number of hydrogen-bond acceptors (Lipinski definition) is 3. The van der Waals surface area contributed by atoms with Crippen LogP contribution in [0, 0.1) is 0 Å². The van der Waals surface area contributed by atoms with Gasteiger partial charge >= 0.3 is 0 Å². The van der Waals surface area contributed by atoms with E-state index in [0.29, 0.717) is 0 Å². The van der Waals surface area contributed by atoms with Crippen molar-refractivity contribution in [1.29, 1.82) is 0 Å². The first-order chi connectivity index (χ1) is 9.42. The molecule has 3 rings (SSSR count). The van der Waals surface area contributed by atoms with Crippen molar-refractivity contribution in [2.24, 2.45) is 0 Å². The fraction of sp³-hybridized carbons (Fsp3) is 0.750. The van der Waals surface area contributed by atoms with E-state index >= 15 is 0 Å². The molecule has 1 aromatic heterocycles. The molecule has 1 aliphatic heterocycles. The third-order valence-corrected chi connectivity index (χ3v) is 5.61. The Hall–Kier alpha value is -0.380. The second-order valence-electron chi connectivity index (χ2n) is 5.95. The first-order valence-corrected chi connectivity index (χ1v) is 8.77. The van der Waals surface area contributed by atoms with Crippen LogP contribution < -0.4 is 5.32 Å². The predicted molar refractivity (Wildman–Crippen MR) is 83.0 cm³/mol. The highest BCUT2D eigenvalue weighted by atomic mass is 32.1. The lowest BCUT2D eigenvalue weighted by molar-refractivity contribution is 0.331. The minimum atomic E-state index is 1.08. The summed E-state index contributed by atoms with van der Waals surface area (Å²) in [7, 11) is 0. The maximum atomic E-state index is 3.62. The van der Waals surface area contributed by atoms with Gasteiger partial charge in [0.05, 0.1) is 0 Å². The van der Waals surface area contributed by atoms with Crippen LogP contribution >= 0.6 is 11.3 Å². The predicted octanol–water partition coefficient (Wildman–Crippen LogP) is 3.20. The zero-order chi connectivity index (χ0) is 12.9. The second-order valence-corrected chi connectivity index (χ2v) is 7.17. The van der Waals surface area contributed by atoms with Crippen LogP contribution in [0.4, 0.5) is 0 Å². The van der Waals surface area contributed by atoms with Crippen molar-refractivity contribution < 1.29 is 0 Å². The topological polar surface area (TPSA) is 15.3 Å². The van der Waals surface area contributed by atoms with Crippen LogP contribution in [0.2, 0.25) is 0 Å². The normalized spacial score (nSPS) is 19.8. The highest BCUT2D eigenvalue weighted by Crippen LogP contribution is 2.29. The van der Waals surface area contributed by atoms with Crippen molar-refractivity contribution in [2.45, 2.75) is 51.5 Å². The van der Waals surface area contributed by atoms with Crippen molar-refractivity contribution in [3.05, 3.63) is 21.4 Å². The third-order valence-electron chi connectivity index (χ3n) is 4.37. The fourth-order valence-electron chi connectivity index (χ4n) is 3.28. The van der Waals surface area contributed by atoms with Gasteiger partial charge in [0.1, 0.15) is 0 Å². The maximum absolute atomic E-state index is 3.62. The molecule has 1 aromatic rings. The number of thiophene rings is 1. The van der Waals surface area contributed by atoms with E-state index in [9.17, 15) is 0 Å². The Labute approximate surface area is 121 Å². The van der Waals surface area contributed by atoms with E-state index in [4.69, 9.17) is 0 Å². The van der Waals surface area contributed by atoms with Crippen molar-refractivity contribution in [2.75, 3.05) is 26.2 Å². The molecule has 0 radical (unpaired) electrons. The zero-order valence-corrected chi connectivity index (χ0v) is 12.7. The van der Waals surface area contributed by atoms with Gasteiger partial charge < -0.3 is 10.2 Å². The number of hydrogen-bond donors (Lipinski definition) is 1. The van der Waals surface area contributed by atoms with Gasteiger partial charge in [0.25, 0.3) is 0 Å². The molecular weight excluding hydrogens is 252 g/mol. The summed E-state index contributed by atoms with van der Waals surface area (Å²) in [5.74, 6) is 0. The van der Waals surface area contributed by atoms with Crippen LogP contribution in [0.5, 0.6) is 0 Å². The number of fused-ring (bicyclic) bond motifs is 1. The van der Waals surface area contributed by atoms with Crippen LogP contribution in [-0.4, -0.2) is 31.1 Å². The summed E-state index contributed by atoms with van der Waals surface area (Å²) >= 11 is 2.05. The molecule has 1 saturated heterocycles. The minimum Gasteiger partial charge on any atom is -0.312 e. The molecule has 0 aromatic carbocycles. The van der Waals surface area contributed by atoms with Gasteiger partial charge in [-0.25, -0.2) is 0 Å². The van der Waals surface area contributed by atoms with Crippen molar-refractivity contribution in [3.8, 4) is 0 Å². The molecule has 0 saturated carbocycles. The molecule has 1 N–H and O–H groups in total. The summed E-state index contributed by atoms with van der Waals surface area (Å²) in [4.78, 5) is 5.82. The summed E-state index contributed by atoms with van der Waals surface area (Å²) < 4.78 is 0. The van der Waals surface area contributed by atoms with E-state index < -0.39 is 0 Å². The lowest BCUT2D eigenvalue weighted by Gasteiger charge is -2.14. The Morgan fingerprint density at radius 2 is 1.95 bits per heavy atom. The molecule has 3 heteroatoms. The maximum Gasteiger partial charge on any atom is 0.0299 e. The fourth-order valence-corrected chi connectivity index (χ4v) is 4.52. The average molecular weight is 278 g/mol. The van der Waals surface area contributed by atoms with Crippen LogP contribution in [-0.2, 0) is 19.4 Å². The molecule has 0 amide bonds. The van der Waals surface area contributed by atoms with Gasteiger partial charge in [0.15, 0.2) is 0 Å². The summed E-state index contributed by atoms with van der Waals surface area (Å²) in [5.41, 5.74) is 1.64. The standard InChI is InChI=1S/C16H26N2S/c1-2-7-16-14(6-1)12-15(19-16)13-17-8-5-11-18-9-3-4-10-18/h12,17H,1-11,13H2. The van der Waals surface area contributed by atoms with Gasteiger partial charge in [-0.2, -0.15) is 0 Å². The summed E-state index contributed by atoms with van der Waals surface area (Å²) in [6, 6.07) is 2.45. The third kappa shape index (κ3) is 3.80. The lowest BCUT2D eigenvalue weighted by atomic mass is 9.99. The second kappa shape index (κ2) is 6.87. The van der Waals surface area contributed by atoms with Crippen molar-refractivity contribution in [1.82, 2.24) is 10.2 Å². The van der Waals surface area contributed by atoms with E-state index in [1.54, 1.807) is 15.3 Å². The molecule has 0 atom stereocenters. The van der Waals surface area contributed by atoms with Crippen LogP contribution in [0.25, 0.3) is 0 Å². The number of nitrogens with zero attached hydrogens (tertiary/aromatic N) is 1. The molecule has 106 valence electrons. The summed E-state index contributed by atoms with van der Waals surface area (Å²) in [6.45, 7) is 6.19. The first-order valence-electron chi connectivity index (χ1n) is 7.95. The summed E-state index contributed by atoms with van der Waals surface area (Å²) in [5, 5.41) is 3.62. The molecule has 0 spiro atoms. The van der Waals surface area contributed by atoms with Crippen LogP contribution in [0.3, 0.4) is 0 Å². The van der Waals surface area contributed by atoms with E-state index in [1.165, 1.54) is 71.1 Å². The van der Waals surface area contributed by atoms with E-state index in [-0.39, 0.29) is 0 Å². The van der Waals surface area contributed by atoms with Gasteiger partial charge in [0.2, 0.25) is 0 Å². The minimum absolute atomic E-state index is 1.08. The molecular formula is C16H26N2S. The lowest BCUT2D eigenvalue weighted by Crippen LogP contribution is -2.24. The number of aryl methyl sites for hydroxylation is 2. The Balaban J connectivity index is 1.34. The molecule has 1 fully saturated rings. The Bertz CT molecular complexity index is 370. The summed E-state index contributed by atoms with van der Waals surface area (Å²) in [6.07, 6.45) is 9.56. The smallest absolute Gasteiger partial charge is 0.0299 e. The molecule has 2 aliphatic rings. The van der Waals surface area contributed by atoms with Crippen LogP contribution in [0.1, 0.15) is 47.4 Å². The number of rotatable bonds is 6. The van der Waals surface area contributed by atoms with Gasteiger partial charge in [-0.15, -0.1) is 11.3 Å². The van der Waals surface area contributed by atoms with E-state index in [1.807, 2.05) is 11.3 Å². The quantitative estimate of drug-likeness (QED) is 0.804. The largest absolute Gasteiger partial charge is 0.312 e. The molecule has 2 heterocycles. The monoisotopic (exact) mass is 278 g/mol. The van der Waals surface area contributed by atoms with E-state index in [0.717, 1.165) is 6.54 Å². The highest BCUT2D eigenvalue weighted by molar-refractivity contribution is 7.12. The van der Waals surface area contributed by atoms with Crippen molar-refractivity contribution in [3.63, 3.8) is 0 Å². The van der Waals surface area contributed by atoms with Gasteiger partial charge in [-0.3, -0.25) is 0 Å². The highest BCUT2D eigenvalue weighted by Gasteiger charge is 2.13. The molecule has 2 nitrogen and oxygen atoms in total. The molecule has 0 bridgehead atoms. The Morgan fingerprint density at radius 3 is 2.79 bits per heavy atom. The first kappa shape index (κ1) is 13.6. The average Bonchev–Trinajstić information content (AvgIpc) is 3.06. The number of nitrogens with one attached hydrogen (secondary N) is 1. The molecule has 1 aliphatic carbocycles. The Kier molecular flexibility index (Phi) is 4.91. The van der Waals surface area contributed by atoms with E-state index in [2.05, 4.69) is 16.3 Å². The van der Waals surface area contributed by atoms with Gasteiger partial charge in [0, 0.05) is 16.3 Å². The zero-order valence-electron chi connectivity index (χ0n) is 11.9. The van der Waals surface area contributed by atoms with Crippen molar-refractivity contribution >= 4 is 11.3 Å².